The minimum Gasteiger partial charge on any atom is -0.307 e. The maximum absolute atomic E-state index is 14.8. The molecule has 1 aliphatic rings. The van der Waals surface area contributed by atoms with Crippen LogP contribution in [-0.4, -0.2) is 27.4 Å². The normalized spacial score (nSPS) is 18.1. The molecular weight excluding hydrogens is 565 g/mol. The number of halogens is 1. The van der Waals surface area contributed by atoms with Gasteiger partial charge in [0.05, 0.1) is 22.6 Å². The molecule has 1 atom stereocenters. The molecular formula is C26H33BrNO6PS. The third-order valence-corrected chi connectivity index (χ3v) is 10.5. The van der Waals surface area contributed by atoms with Crippen molar-refractivity contribution in [3.63, 3.8) is 0 Å². The van der Waals surface area contributed by atoms with Crippen molar-refractivity contribution in [2.24, 2.45) is 0 Å². The molecule has 0 aliphatic heterocycles. The SMILES string of the molecule is CCCCCOP(=O)(OCCCCC)C1(NS(=O)(=O)c2ccccc2)C=C(Br)C(=O)c2ccccc21. The van der Waals surface area contributed by atoms with Crippen LogP contribution in [0.15, 0.2) is 70.1 Å². The van der Waals surface area contributed by atoms with Gasteiger partial charge in [-0.05, 0) is 47.0 Å². The Kier molecular flexibility index (Phi) is 10.3. The van der Waals surface area contributed by atoms with E-state index in [2.05, 4.69) is 20.7 Å². The molecule has 2 aromatic rings. The third kappa shape index (κ3) is 6.26. The number of benzene rings is 2. The summed E-state index contributed by atoms with van der Waals surface area (Å²) in [5.41, 5.74) is 0.448. The second-order valence-electron chi connectivity index (χ2n) is 8.63. The summed E-state index contributed by atoms with van der Waals surface area (Å²) in [4.78, 5) is 13.0. The van der Waals surface area contributed by atoms with Crippen molar-refractivity contribution in [1.29, 1.82) is 0 Å². The Bertz CT molecular complexity index is 1220. The van der Waals surface area contributed by atoms with Crippen molar-refractivity contribution < 1.29 is 26.8 Å². The molecule has 0 fully saturated rings. The first kappa shape index (κ1) is 29.0. The lowest BCUT2D eigenvalue weighted by Gasteiger charge is -2.40. The second-order valence-corrected chi connectivity index (χ2v) is 13.4. The van der Waals surface area contributed by atoms with Gasteiger partial charge in [-0.25, -0.2) is 8.42 Å². The van der Waals surface area contributed by atoms with E-state index >= 15 is 0 Å². The first-order valence-electron chi connectivity index (χ1n) is 12.2. The Morgan fingerprint density at radius 2 is 1.44 bits per heavy atom. The highest BCUT2D eigenvalue weighted by Crippen LogP contribution is 2.67. The van der Waals surface area contributed by atoms with Crippen molar-refractivity contribution >= 4 is 39.3 Å². The molecule has 3 rings (SSSR count). The van der Waals surface area contributed by atoms with E-state index in [0.29, 0.717) is 12.8 Å². The molecule has 2 aromatic carbocycles. The number of hydrogen-bond acceptors (Lipinski definition) is 6. The molecule has 36 heavy (non-hydrogen) atoms. The van der Waals surface area contributed by atoms with Crippen molar-refractivity contribution in [2.45, 2.75) is 62.5 Å². The van der Waals surface area contributed by atoms with Gasteiger partial charge in [0.25, 0.3) is 0 Å². The van der Waals surface area contributed by atoms with Crippen LogP contribution in [0.4, 0.5) is 0 Å². The number of carbonyl (C=O) groups excluding carboxylic acids is 1. The number of sulfonamides is 1. The van der Waals surface area contributed by atoms with Crippen LogP contribution in [0.3, 0.4) is 0 Å². The number of Topliss-reactive ketones (excluding diaryl/α,β-unsaturated/α-hetero) is 1. The average molecular weight is 598 g/mol. The highest BCUT2D eigenvalue weighted by atomic mass is 79.9. The van der Waals surface area contributed by atoms with E-state index in [0.717, 1.165) is 25.7 Å². The van der Waals surface area contributed by atoms with Crippen LogP contribution in [0.5, 0.6) is 0 Å². The van der Waals surface area contributed by atoms with E-state index in [4.69, 9.17) is 9.05 Å². The molecule has 1 aliphatic carbocycles. The van der Waals surface area contributed by atoms with Gasteiger partial charge in [0.15, 0.2) is 11.1 Å². The zero-order valence-electron chi connectivity index (χ0n) is 20.6. The van der Waals surface area contributed by atoms with Gasteiger partial charge in [-0.1, -0.05) is 82.0 Å². The van der Waals surface area contributed by atoms with Gasteiger partial charge in [0, 0.05) is 11.1 Å². The van der Waals surface area contributed by atoms with E-state index in [1.165, 1.54) is 18.2 Å². The summed E-state index contributed by atoms with van der Waals surface area (Å²) < 4.78 is 56.8. The molecule has 196 valence electrons. The monoisotopic (exact) mass is 597 g/mol. The third-order valence-electron chi connectivity index (χ3n) is 5.93. The number of carbonyl (C=O) groups is 1. The van der Waals surface area contributed by atoms with Crippen LogP contribution in [0.1, 0.15) is 68.3 Å². The fourth-order valence-electron chi connectivity index (χ4n) is 4.01. The van der Waals surface area contributed by atoms with Crippen molar-refractivity contribution in [1.82, 2.24) is 4.72 Å². The molecule has 0 bridgehead atoms. The number of rotatable bonds is 14. The van der Waals surface area contributed by atoms with E-state index in [9.17, 15) is 17.8 Å². The summed E-state index contributed by atoms with van der Waals surface area (Å²) in [7, 11) is -8.48. The summed E-state index contributed by atoms with van der Waals surface area (Å²) in [6.45, 7) is 4.32. The summed E-state index contributed by atoms with van der Waals surface area (Å²) in [6.07, 6.45) is 6.16. The zero-order valence-corrected chi connectivity index (χ0v) is 23.9. The molecule has 1 N–H and O–H groups in total. The lowest BCUT2D eigenvalue weighted by molar-refractivity contribution is 0.103. The first-order valence-corrected chi connectivity index (χ1v) is 16.0. The van der Waals surface area contributed by atoms with E-state index in [1.54, 1.807) is 42.5 Å². The van der Waals surface area contributed by atoms with E-state index in [-0.39, 0.29) is 39.5 Å². The lowest BCUT2D eigenvalue weighted by Crippen LogP contribution is -2.47. The molecule has 10 heteroatoms. The van der Waals surface area contributed by atoms with Gasteiger partial charge in [-0.15, -0.1) is 0 Å². The van der Waals surface area contributed by atoms with Gasteiger partial charge in [-0.2, -0.15) is 4.72 Å². The maximum atomic E-state index is 14.8. The zero-order chi connectivity index (χ0) is 26.2. The smallest absolute Gasteiger partial charge is 0.307 e. The molecule has 0 saturated carbocycles. The molecule has 0 saturated heterocycles. The molecule has 0 radical (unpaired) electrons. The average Bonchev–Trinajstić information content (AvgIpc) is 2.88. The minimum atomic E-state index is -4.27. The number of nitrogens with one attached hydrogen (secondary N) is 1. The second kappa shape index (κ2) is 12.8. The highest BCUT2D eigenvalue weighted by molar-refractivity contribution is 9.12. The van der Waals surface area contributed by atoms with Crippen molar-refractivity contribution in [2.75, 3.05) is 13.2 Å². The summed E-state index contributed by atoms with van der Waals surface area (Å²) >= 11 is 3.29. The summed E-state index contributed by atoms with van der Waals surface area (Å²) in [5, 5.41) is -1.95. The number of fused-ring (bicyclic) bond motifs is 1. The van der Waals surface area contributed by atoms with Crippen LogP contribution in [-0.2, 0) is 28.9 Å². The number of hydrogen-bond donors (Lipinski definition) is 1. The Morgan fingerprint density at radius 3 is 2.03 bits per heavy atom. The fraction of sp³-hybridized carbons (Fsp3) is 0.423. The van der Waals surface area contributed by atoms with E-state index in [1.807, 2.05) is 13.8 Å². The maximum Gasteiger partial charge on any atom is 0.360 e. The van der Waals surface area contributed by atoms with E-state index < -0.39 is 22.9 Å². The topological polar surface area (TPSA) is 98.8 Å². The predicted molar refractivity (Wildman–Crippen MR) is 145 cm³/mol. The van der Waals surface area contributed by atoms with Gasteiger partial charge in [0.1, 0.15) is 0 Å². The summed E-state index contributed by atoms with van der Waals surface area (Å²) in [6, 6.07) is 14.3. The molecule has 7 nitrogen and oxygen atoms in total. The van der Waals surface area contributed by atoms with Crippen molar-refractivity contribution in [3.8, 4) is 0 Å². The lowest BCUT2D eigenvalue weighted by atomic mass is 9.92. The Balaban J connectivity index is 2.21. The highest BCUT2D eigenvalue weighted by Gasteiger charge is 2.57. The predicted octanol–water partition coefficient (Wildman–Crippen LogP) is 6.90. The number of allylic oxidation sites excluding steroid dienone is 1. The molecule has 0 spiro atoms. The van der Waals surface area contributed by atoms with Crippen LogP contribution < -0.4 is 4.72 Å². The van der Waals surface area contributed by atoms with Gasteiger partial charge >= 0.3 is 7.60 Å². The fourth-order valence-corrected chi connectivity index (χ4v) is 8.77. The Labute approximate surface area is 222 Å². The van der Waals surface area contributed by atoms with Gasteiger partial charge < -0.3 is 9.05 Å². The summed E-state index contributed by atoms with van der Waals surface area (Å²) in [5.74, 6) is -0.344. The Morgan fingerprint density at radius 1 is 0.889 bits per heavy atom. The molecule has 1 unspecified atom stereocenters. The number of ketones is 1. The molecule has 0 aromatic heterocycles. The van der Waals surface area contributed by atoms with Crippen LogP contribution in [0.25, 0.3) is 0 Å². The van der Waals surface area contributed by atoms with Gasteiger partial charge in [0.2, 0.25) is 10.0 Å². The van der Waals surface area contributed by atoms with Crippen LogP contribution in [0, 0.1) is 0 Å². The van der Waals surface area contributed by atoms with Gasteiger partial charge in [-0.3, -0.25) is 9.36 Å². The first-order chi connectivity index (χ1) is 17.2. The molecule has 0 heterocycles. The standard InChI is InChI=1S/C26H33BrNO6PS/c1-3-5-12-18-33-35(30,34-19-13-6-4-2)26(28-36(31,32)21-14-8-7-9-15-21)20-24(27)25(29)22-16-10-11-17-23(22)26/h7-11,14-17,20,28H,3-6,12-13,18-19H2,1-2H3. The quantitative estimate of drug-likeness (QED) is 0.188. The minimum absolute atomic E-state index is 0.00760. The largest absolute Gasteiger partial charge is 0.360 e. The van der Waals surface area contributed by atoms with Crippen LogP contribution in [0.2, 0.25) is 0 Å². The molecule has 0 amide bonds. The number of unbranched alkanes of at least 4 members (excludes halogenated alkanes) is 4. The van der Waals surface area contributed by atoms with Crippen LogP contribution >= 0.6 is 23.5 Å². The Hall–Kier alpha value is -1.61. The van der Waals surface area contributed by atoms with Crippen molar-refractivity contribution in [3.05, 3.63) is 76.3 Å².